The average Bonchev–Trinajstić information content (AvgIpc) is 3.22. The highest BCUT2D eigenvalue weighted by molar-refractivity contribution is 7.10. The third-order valence-electron chi connectivity index (χ3n) is 5.19. The van der Waals surface area contributed by atoms with Crippen molar-refractivity contribution < 1.29 is 9.53 Å². The van der Waals surface area contributed by atoms with E-state index in [-0.39, 0.29) is 18.1 Å². The number of ether oxygens (including phenoxy) is 1. The number of likely N-dealkylation sites (tertiary alicyclic amines) is 1. The van der Waals surface area contributed by atoms with Gasteiger partial charge in [0.15, 0.2) is 0 Å². The Hall–Kier alpha value is -1.76. The summed E-state index contributed by atoms with van der Waals surface area (Å²) in [6, 6.07) is 5.84. The number of amides is 1. The van der Waals surface area contributed by atoms with Gasteiger partial charge in [-0.15, -0.1) is 11.3 Å². The predicted octanol–water partition coefficient (Wildman–Crippen LogP) is 3.07. The number of fused-ring (bicyclic) bond motifs is 1. The number of pyridine rings is 1. The topological polar surface area (TPSA) is 54.5 Å². The predicted molar refractivity (Wildman–Crippen MR) is 98.6 cm³/mol. The van der Waals surface area contributed by atoms with E-state index < -0.39 is 0 Å². The SMILES string of the molecule is Cc1ccsc1CN1CC[C@H]2C[C@@H](C(=O)Nc3cccnc3)O[C@@H]2C1. The first-order valence-electron chi connectivity index (χ1n) is 8.81. The van der Waals surface area contributed by atoms with Gasteiger partial charge in [0, 0.05) is 24.2 Å². The lowest BCUT2D eigenvalue weighted by molar-refractivity contribution is -0.127. The van der Waals surface area contributed by atoms with Crippen LogP contribution in [0.4, 0.5) is 5.69 Å². The van der Waals surface area contributed by atoms with Crippen LogP contribution in [0.3, 0.4) is 0 Å². The molecule has 0 radical (unpaired) electrons. The van der Waals surface area contributed by atoms with Crippen molar-refractivity contribution in [3.8, 4) is 0 Å². The highest BCUT2D eigenvalue weighted by Crippen LogP contribution is 2.34. The molecule has 2 aliphatic heterocycles. The van der Waals surface area contributed by atoms with E-state index in [9.17, 15) is 4.79 Å². The minimum absolute atomic E-state index is 0.0527. The summed E-state index contributed by atoms with van der Waals surface area (Å²) in [5.41, 5.74) is 2.09. The smallest absolute Gasteiger partial charge is 0.253 e. The Morgan fingerprint density at radius 1 is 1.48 bits per heavy atom. The molecule has 0 saturated carbocycles. The van der Waals surface area contributed by atoms with Crippen LogP contribution in [0.25, 0.3) is 0 Å². The molecule has 1 N–H and O–H groups in total. The third-order valence-corrected chi connectivity index (χ3v) is 6.20. The zero-order valence-electron chi connectivity index (χ0n) is 14.4. The van der Waals surface area contributed by atoms with Crippen molar-refractivity contribution >= 4 is 22.9 Å². The molecule has 132 valence electrons. The Balaban J connectivity index is 1.33. The minimum atomic E-state index is -0.348. The van der Waals surface area contributed by atoms with Gasteiger partial charge in [0.2, 0.25) is 0 Å². The van der Waals surface area contributed by atoms with Gasteiger partial charge in [0.1, 0.15) is 6.10 Å². The maximum absolute atomic E-state index is 12.5. The van der Waals surface area contributed by atoms with Crippen molar-refractivity contribution in [2.75, 3.05) is 18.4 Å². The molecule has 6 heteroatoms. The average molecular weight is 357 g/mol. The molecule has 0 spiro atoms. The van der Waals surface area contributed by atoms with Gasteiger partial charge < -0.3 is 10.1 Å². The molecular weight excluding hydrogens is 334 g/mol. The Kier molecular flexibility index (Phi) is 4.83. The van der Waals surface area contributed by atoms with Crippen LogP contribution in [0, 0.1) is 12.8 Å². The van der Waals surface area contributed by atoms with Crippen molar-refractivity contribution in [1.29, 1.82) is 0 Å². The summed E-state index contributed by atoms with van der Waals surface area (Å²) in [6.07, 6.45) is 5.09. The Morgan fingerprint density at radius 2 is 2.40 bits per heavy atom. The van der Waals surface area contributed by atoms with Crippen LogP contribution >= 0.6 is 11.3 Å². The van der Waals surface area contributed by atoms with Crippen molar-refractivity contribution in [2.24, 2.45) is 5.92 Å². The lowest BCUT2D eigenvalue weighted by Crippen LogP contribution is -2.41. The monoisotopic (exact) mass is 357 g/mol. The molecule has 2 saturated heterocycles. The van der Waals surface area contributed by atoms with Crippen LogP contribution < -0.4 is 5.32 Å². The molecule has 1 amide bonds. The number of rotatable bonds is 4. The second-order valence-corrected chi connectivity index (χ2v) is 7.94. The summed E-state index contributed by atoms with van der Waals surface area (Å²) in [5, 5.41) is 5.07. The van der Waals surface area contributed by atoms with Gasteiger partial charge in [-0.25, -0.2) is 0 Å². The van der Waals surface area contributed by atoms with Crippen LogP contribution in [0.5, 0.6) is 0 Å². The van der Waals surface area contributed by atoms with Crippen LogP contribution in [0.1, 0.15) is 23.3 Å². The first kappa shape index (κ1) is 16.7. The summed E-state index contributed by atoms with van der Waals surface area (Å²) in [5.74, 6) is 0.438. The third kappa shape index (κ3) is 3.76. The van der Waals surface area contributed by atoms with E-state index in [0.29, 0.717) is 5.92 Å². The van der Waals surface area contributed by atoms with Crippen LogP contribution in [-0.2, 0) is 16.1 Å². The summed E-state index contributed by atoms with van der Waals surface area (Å²) in [4.78, 5) is 20.4. The molecular formula is C19H23N3O2S. The quantitative estimate of drug-likeness (QED) is 0.914. The van der Waals surface area contributed by atoms with Crippen LogP contribution in [0.2, 0.25) is 0 Å². The van der Waals surface area contributed by atoms with Gasteiger partial charge in [-0.1, -0.05) is 0 Å². The zero-order chi connectivity index (χ0) is 17.2. The van der Waals surface area contributed by atoms with Gasteiger partial charge in [0.05, 0.1) is 18.0 Å². The maximum atomic E-state index is 12.5. The molecule has 25 heavy (non-hydrogen) atoms. The lowest BCUT2D eigenvalue weighted by atomic mass is 9.91. The number of aromatic nitrogens is 1. The number of hydrogen-bond acceptors (Lipinski definition) is 5. The number of thiophene rings is 1. The summed E-state index contributed by atoms with van der Waals surface area (Å²) in [7, 11) is 0. The molecule has 2 aliphatic rings. The van der Waals surface area contributed by atoms with Crippen molar-refractivity contribution in [3.63, 3.8) is 0 Å². The number of aryl methyl sites for hydroxylation is 1. The second-order valence-electron chi connectivity index (χ2n) is 6.94. The first-order valence-corrected chi connectivity index (χ1v) is 9.68. The molecule has 2 fully saturated rings. The number of nitrogens with one attached hydrogen (secondary N) is 1. The number of carbonyl (C=O) groups is 1. The van der Waals surface area contributed by atoms with Gasteiger partial charge in [-0.05, 0) is 61.4 Å². The fraction of sp³-hybridized carbons (Fsp3) is 0.474. The van der Waals surface area contributed by atoms with Gasteiger partial charge in [-0.2, -0.15) is 0 Å². The number of anilines is 1. The Labute approximate surface area is 152 Å². The number of piperidine rings is 1. The lowest BCUT2D eigenvalue weighted by Gasteiger charge is -2.33. The highest BCUT2D eigenvalue weighted by atomic mass is 32.1. The van der Waals surface area contributed by atoms with E-state index >= 15 is 0 Å². The second kappa shape index (κ2) is 7.23. The van der Waals surface area contributed by atoms with E-state index in [1.807, 2.05) is 23.5 Å². The summed E-state index contributed by atoms with van der Waals surface area (Å²) >= 11 is 1.82. The molecule has 4 rings (SSSR count). The van der Waals surface area contributed by atoms with Crippen molar-refractivity contribution in [3.05, 3.63) is 46.4 Å². The van der Waals surface area contributed by atoms with Gasteiger partial charge in [-0.3, -0.25) is 14.7 Å². The molecule has 2 aromatic rings. The zero-order valence-corrected chi connectivity index (χ0v) is 15.2. The van der Waals surface area contributed by atoms with E-state index in [2.05, 4.69) is 33.6 Å². The fourth-order valence-electron chi connectivity index (χ4n) is 3.74. The van der Waals surface area contributed by atoms with E-state index in [0.717, 1.165) is 38.2 Å². The normalized spacial score (nSPS) is 26.4. The molecule has 3 atom stereocenters. The van der Waals surface area contributed by atoms with Crippen molar-refractivity contribution in [1.82, 2.24) is 9.88 Å². The number of nitrogens with zero attached hydrogens (tertiary/aromatic N) is 2. The van der Waals surface area contributed by atoms with Crippen LogP contribution in [0.15, 0.2) is 36.0 Å². The van der Waals surface area contributed by atoms with Gasteiger partial charge >= 0.3 is 0 Å². The first-order chi connectivity index (χ1) is 12.2. The molecule has 2 aromatic heterocycles. The Bertz CT molecular complexity index is 733. The van der Waals surface area contributed by atoms with Gasteiger partial charge in [0.25, 0.3) is 5.91 Å². The molecule has 0 aromatic carbocycles. The molecule has 4 heterocycles. The largest absolute Gasteiger partial charge is 0.364 e. The summed E-state index contributed by atoms with van der Waals surface area (Å²) < 4.78 is 6.11. The van der Waals surface area contributed by atoms with Crippen molar-refractivity contribution in [2.45, 2.75) is 38.5 Å². The van der Waals surface area contributed by atoms with Crippen LogP contribution in [-0.4, -0.2) is 41.1 Å². The Morgan fingerprint density at radius 3 is 3.16 bits per heavy atom. The molecule has 0 unspecified atom stereocenters. The minimum Gasteiger partial charge on any atom is -0.364 e. The van der Waals surface area contributed by atoms with E-state index in [4.69, 9.17) is 4.74 Å². The summed E-state index contributed by atoms with van der Waals surface area (Å²) in [6.45, 7) is 5.16. The standard InChI is InChI=1S/C19H23N3O2S/c1-13-5-8-25-18(13)12-22-7-4-14-9-16(24-17(14)11-22)19(23)21-15-3-2-6-20-10-15/h2-3,5-6,8,10,14,16-17H,4,7,9,11-12H2,1H3,(H,21,23)/t14-,16-,17+/m0/s1. The fourth-order valence-corrected chi connectivity index (χ4v) is 4.68. The molecule has 0 aliphatic carbocycles. The maximum Gasteiger partial charge on any atom is 0.253 e. The molecule has 0 bridgehead atoms. The van der Waals surface area contributed by atoms with E-state index in [1.54, 1.807) is 12.4 Å². The van der Waals surface area contributed by atoms with E-state index in [1.165, 1.54) is 10.4 Å². The number of carbonyl (C=O) groups excluding carboxylic acids is 1. The number of hydrogen-bond donors (Lipinski definition) is 1. The molecule has 5 nitrogen and oxygen atoms in total. The highest BCUT2D eigenvalue weighted by Gasteiger charge is 2.41.